The third-order valence-electron chi connectivity index (χ3n) is 3.92. The smallest absolute Gasteiger partial charge is 0.352 e. The quantitative estimate of drug-likeness (QED) is 0.531. The van der Waals surface area contributed by atoms with Crippen molar-refractivity contribution in [1.82, 2.24) is 4.98 Å². The molecule has 132 valence electrons. The fraction of sp³-hybridized carbons (Fsp3) is 0.235. The molecule has 1 aliphatic heterocycles. The second-order valence-electron chi connectivity index (χ2n) is 5.67. The second kappa shape index (κ2) is 6.58. The van der Waals surface area contributed by atoms with Crippen molar-refractivity contribution in [3.63, 3.8) is 0 Å². The fourth-order valence-corrected chi connectivity index (χ4v) is 3.39. The highest BCUT2D eigenvalue weighted by atomic mass is 79.9. The summed E-state index contributed by atoms with van der Waals surface area (Å²) in [7, 11) is 0. The lowest BCUT2D eigenvalue weighted by Gasteiger charge is -2.30. The third kappa shape index (κ3) is 3.45. The van der Waals surface area contributed by atoms with Gasteiger partial charge >= 0.3 is 6.18 Å². The van der Waals surface area contributed by atoms with Crippen LogP contribution in [0.4, 0.5) is 13.2 Å². The molecule has 0 bridgehead atoms. The van der Waals surface area contributed by atoms with E-state index in [1.165, 1.54) is 18.2 Å². The Morgan fingerprint density at radius 2 is 1.80 bits per heavy atom. The van der Waals surface area contributed by atoms with Crippen LogP contribution in [0.25, 0.3) is 5.57 Å². The lowest BCUT2D eigenvalue weighted by atomic mass is 9.91. The van der Waals surface area contributed by atoms with E-state index in [1.807, 2.05) is 6.92 Å². The number of rotatable bonds is 2. The number of alkyl halides is 3. The highest BCUT2D eigenvalue weighted by Gasteiger charge is 2.58. The van der Waals surface area contributed by atoms with Crippen molar-refractivity contribution in [1.29, 1.82) is 0 Å². The van der Waals surface area contributed by atoms with Crippen LogP contribution in [0.5, 0.6) is 0 Å². The summed E-state index contributed by atoms with van der Waals surface area (Å²) in [4.78, 5) is 4.18. The summed E-state index contributed by atoms with van der Waals surface area (Å²) in [5.74, 6) is 0. The Hall–Kier alpha value is -1.08. The summed E-state index contributed by atoms with van der Waals surface area (Å²) in [5.41, 5.74) is -1.13. The van der Waals surface area contributed by atoms with E-state index >= 15 is 0 Å². The largest absolute Gasteiger partial charge is 0.425 e. The Kier molecular flexibility index (Phi) is 4.92. The Morgan fingerprint density at radius 3 is 2.36 bits per heavy atom. The molecule has 0 N–H and O–H groups in total. The SMILES string of the molecule is Cc1cc(C2=CC(c3cc(Cl)cc(Cl)c3)(C(F)(F)F)OC2)ncc1Br. The molecule has 1 aliphatic rings. The summed E-state index contributed by atoms with van der Waals surface area (Å²) in [5, 5.41) is 0.211. The van der Waals surface area contributed by atoms with Crippen LogP contribution in [0.3, 0.4) is 0 Å². The van der Waals surface area contributed by atoms with Crippen LogP contribution in [0.15, 0.2) is 41.0 Å². The molecule has 0 amide bonds. The zero-order valence-corrected chi connectivity index (χ0v) is 15.9. The van der Waals surface area contributed by atoms with Gasteiger partial charge < -0.3 is 4.74 Å². The Balaban J connectivity index is 2.15. The predicted octanol–water partition coefficient (Wildman–Crippen LogP) is 6.33. The van der Waals surface area contributed by atoms with Crippen LogP contribution in [0.1, 0.15) is 16.8 Å². The maximum atomic E-state index is 13.9. The van der Waals surface area contributed by atoms with Crippen molar-refractivity contribution in [3.05, 3.63) is 67.9 Å². The number of pyridine rings is 1. The fourth-order valence-electron chi connectivity index (χ4n) is 2.65. The minimum Gasteiger partial charge on any atom is -0.352 e. The zero-order valence-electron chi connectivity index (χ0n) is 12.8. The number of benzene rings is 1. The zero-order chi connectivity index (χ0) is 18.4. The number of ether oxygens (including phenoxy) is 1. The summed E-state index contributed by atoms with van der Waals surface area (Å²) in [6.45, 7) is 1.61. The van der Waals surface area contributed by atoms with Crippen LogP contribution >= 0.6 is 39.1 Å². The molecule has 0 radical (unpaired) electrons. The molecule has 0 saturated carbocycles. The molecule has 1 atom stereocenters. The van der Waals surface area contributed by atoms with E-state index in [-0.39, 0.29) is 22.2 Å². The first-order chi connectivity index (χ1) is 11.6. The van der Waals surface area contributed by atoms with E-state index in [9.17, 15) is 13.2 Å². The van der Waals surface area contributed by atoms with Crippen molar-refractivity contribution >= 4 is 44.7 Å². The number of nitrogens with zero attached hydrogens (tertiary/aromatic N) is 1. The molecule has 25 heavy (non-hydrogen) atoms. The normalized spacial score (nSPS) is 20.7. The van der Waals surface area contributed by atoms with Gasteiger partial charge in [0.25, 0.3) is 0 Å². The minimum absolute atomic E-state index is 0.106. The second-order valence-corrected chi connectivity index (χ2v) is 7.40. The molecule has 1 aromatic heterocycles. The van der Waals surface area contributed by atoms with E-state index < -0.39 is 11.8 Å². The van der Waals surface area contributed by atoms with Gasteiger partial charge in [-0.15, -0.1) is 0 Å². The number of hydrogen-bond donors (Lipinski definition) is 0. The number of hydrogen-bond acceptors (Lipinski definition) is 2. The molecule has 2 heterocycles. The summed E-state index contributed by atoms with van der Waals surface area (Å²) in [6, 6.07) is 5.49. The van der Waals surface area contributed by atoms with Gasteiger partial charge in [-0.3, -0.25) is 4.98 Å². The first-order valence-electron chi connectivity index (χ1n) is 7.14. The monoisotopic (exact) mass is 451 g/mol. The molecule has 2 aromatic rings. The third-order valence-corrected chi connectivity index (χ3v) is 5.19. The molecule has 2 nitrogen and oxygen atoms in total. The molecule has 0 spiro atoms. The molecule has 3 rings (SSSR count). The lowest BCUT2D eigenvalue weighted by Crippen LogP contribution is -2.41. The topological polar surface area (TPSA) is 22.1 Å². The van der Waals surface area contributed by atoms with E-state index in [4.69, 9.17) is 27.9 Å². The summed E-state index contributed by atoms with van der Waals surface area (Å²) in [6.07, 6.45) is -2.09. The van der Waals surface area contributed by atoms with Crippen molar-refractivity contribution < 1.29 is 17.9 Å². The maximum Gasteiger partial charge on any atom is 0.425 e. The van der Waals surface area contributed by atoms with E-state index in [1.54, 1.807) is 12.3 Å². The van der Waals surface area contributed by atoms with Gasteiger partial charge in [0.15, 0.2) is 0 Å². The van der Waals surface area contributed by atoms with Crippen LogP contribution in [0, 0.1) is 6.92 Å². The predicted molar refractivity (Wildman–Crippen MR) is 94.8 cm³/mol. The Morgan fingerprint density at radius 1 is 1.16 bits per heavy atom. The van der Waals surface area contributed by atoms with Gasteiger partial charge in [0, 0.05) is 26.3 Å². The molecule has 0 fully saturated rings. The number of halogens is 6. The van der Waals surface area contributed by atoms with Gasteiger partial charge in [0.1, 0.15) is 0 Å². The van der Waals surface area contributed by atoms with Crippen LogP contribution in [-0.4, -0.2) is 17.8 Å². The first-order valence-corrected chi connectivity index (χ1v) is 8.69. The van der Waals surface area contributed by atoms with E-state index in [2.05, 4.69) is 20.9 Å². The standard InChI is InChI=1S/C17H11BrCl2F3NO/c1-9-2-15(24-7-14(9)18)10-6-16(25-8-10,17(21,22)23)11-3-12(19)5-13(20)4-11/h2-7H,8H2,1H3. The molecule has 0 aliphatic carbocycles. The van der Waals surface area contributed by atoms with Gasteiger partial charge in [-0.1, -0.05) is 23.2 Å². The van der Waals surface area contributed by atoms with Gasteiger partial charge in [-0.25, -0.2) is 0 Å². The average molecular weight is 453 g/mol. The molecular weight excluding hydrogens is 442 g/mol. The van der Waals surface area contributed by atoms with Gasteiger partial charge in [-0.2, -0.15) is 13.2 Å². The van der Waals surface area contributed by atoms with E-state index in [0.29, 0.717) is 11.3 Å². The highest BCUT2D eigenvalue weighted by molar-refractivity contribution is 9.10. The highest BCUT2D eigenvalue weighted by Crippen LogP contribution is 2.49. The van der Waals surface area contributed by atoms with Crippen molar-refractivity contribution in [2.45, 2.75) is 18.7 Å². The van der Waals surface area contributed by atoms with Crippen LogP contribution < -0.4 is 0 Å². The van der Waals surface area contributed by atoms with Crippen molar-refractivity contribution in [2.24, 2.45) is 0 Å². The Bertz CT molecular complexity index is 849. The lowest BCUT2D eigenvalue weighted by molar-refractivity contribution is -0.254. The first kappa shape index (κ1) is 18.7. The van der Waals surface area contributed by atoms with Gasteiger partial charge in [0.2, 0.25) is 5.60 Å². The Labute approximate surface area is 160 Å². The molecule has 1 aromatic carbocycles. The van der Waals surface area contributed by atoms with Crippen LogP contribution in [0.2, 0.25) is 10.0 Å². The molecule has 0 saturated heterocycles. The molecule has 8 heteroatoms. The van der Waals surface area contributed by atoms with Crippen molar-refractivity contribution in [2.75, 3.05) is 6.61 Å². The number of aryl methyl sites for hydroxylation is 1. The van der Waals surface area contributed by atoms with E-state index in [0.717, 1.165) is 16.1 Å². The van der Waals surface area contributed by atoms with Gasteiger partial charge in [0.05, 0.1) is 12.3 Å². The van der Waals surface area contributed by atoms with Crippen LogP contribution in [-0.2, 0) is 10.3 Å². The maximum absolute atomic E-state index is 13.9. The van der Waals surface area contributed by atoms with Gasteiger partial charge in [-0.05, 0) is 64.3 Å². The average Bonchev–Trinajstić information content (AvgIpc) is 2.95. The summed E-state index contributed by atoms with van der Waals surface area (Å²) < 4.78 is 47.8. The number of aromatic nitrogens is 1. The summed E-state index contributed by atoms with van der Waals surface area (Å²) >= 11 is 15.1. The minimum atomic E-state index is -4.69. The molecular formula is C17H11BrCl2F3NO. The van der Waals surface area contributed by atoms with Crippen molar-refractivity contribution in [3.8, 4) is 0 Å². The molecule has 1 unspecified atom stereocenters.